The first kappa shape index (κ1) is 12.8. The van der Waals surface area contributed by atoms with Crippen molar-refractivity contribution in [2.75, 3.05) is 26.2 Å². The average Bonchev–Trinajstić information content (AvgIpc) is 2.14. The summed E-state index contributed by atoms with van der Waals surface area (Å²) < 4.78 is 24.6. The molecule has 2 atom stereocenters. The molecule has 0 bridgehead atoms. The smallest absolute Gasteiger partial charge is 0.251 e. The fourth-order valence-electron chi connectivity index (χ4n) is 2.11. The van der Waals surface area contributed by atoms with Crippen LogP contribution in [0.4, 0.5) is 8.78 Å². The van der Waals surface area contributed by atoms with Crippen LogP contribution in [0.25, 0.3) is 0 Å². The van der Waals surface area contributed by atoms with E-state index in [2.05, 4.69) is 19.2 Å². The summed E-state index contributed by atoms with van der Waals surface area (Å²) in [6.45, 7) is 6.71. The normalized spacial score (nSPS) is 30.2. The van der Waals surface area contributed by atoms with Gasteiger partial charge in [-0.25, -0.2) is 8.78 Å². The Morgan fingerprint density at radius 1 is 1.47 bits per heavy atom. The Balaban J connectivity index is 2.43. The topological polar surface area (TPSA) is 15.3 Å². The summed E-state index contributed by atoms with van der Waals surface area (Å²) in [5, 5.41) is 3.48. The highest BCUT2D eigenvalue weighted by molar-refractivity contribution is 4.75. The SMILES string of the molecule is CCC1CCN(CC(F)F)CC(C)CN1. The number of halogens is 2. The predicted molar refractivity (Wildman–Crippen MR) is 58.3 cm³/mol. The molecule has 2 nitrogen and oxygen atoms in total. The van der Waals surface area contributed by atoms with Crippen molar-refractivity contribution >= 4 is 0 Å². The number of hydrogen-bond acceptors (Lipinski definition) is 2. The Morgan fingerprint density at radius 2 is 2.20 bits per heavy atom. The van der Waals surface area contributed by atoms with Gasteiger partial charge >= 0.3 is 0 Å². The molecule has 0 aromatic carbocycles. The van der Waals surface area contributed by atoms with E-state index in [1.54, 1.807) is 0 Å². The van der Waals surface area contributed by atoms with E-state index < -0.39 is 6.43 Å². The lowest BCUT2D eigenvalue weighted by Gasteiger charge is -2.31. The fraction of sp³-hybridized carbons (Fsp3) is 1.00. The molecular formula is C11H22F2N2. The highest BCUT2D eigenvalue weighted by Gasteiger charge is 2.19. The number of rotatable bonds is 3. The molecule has 0 aliphatic carbocycles. The molecule has 0 spiro atoms. The lowest BCUT2D eigenvalue weighted by Crippen LogP contribution is -2.44. The van der Waals surface area contributed by atoms with Gasteiger partial charge in [0.1, 0.15) is 0 Å². The van der Waals surface area contributed by atoms with Crippen molar-refractivity contribution in [2.45, 2.75) is 39.2 Å². The molecule has 1 saturated heterocycles. The third-order valence-electron chi connectivity index (χ3n) is 3.01. The minimum atomic E-state index is -2.20. The van der Waals surface area contributed by atoms with Gasteiger partial charge in [-0.05, 0) is 31.8 Å². The van der Waals surface area contributed by atoms with Gasteiger partial charge in [0.15, 0.2) is 0 Å². The number of alkyl halides is 2. The summed E-state index contributed by atoms with van der Waals surface area (Å²) in [6, 6.07) is 0.493. The second kappa shape index (κ2) is 6.38. The molecule has 0 aromatic heterocycles. The van der Waals surface area contributed by atoms with Crippen LogP contribution in [0.5, 0.6) is 0 Å². The third kappa shape index (κ3) is 4.89. The van der Waals surface area contributed by atoms with Crippen LogP contribution in [0.2, 0.25) is 0 Å². The van der Waals surface area contributed by atoms with Gasteiger partial charge in [-0.2, -0.15) is 0 Å². The highest BCUT2D eigenvalue weighted by Crippen LogP contribution is 2.10. The molecular weight excluding hydrogens is 198 g/mol. The van der Waals surface area contributed by atoms with Crippen molar-refractivity contribution in [1.82, 2.24) is 10.2 Å². The molecule has 1 rings (SSSR count). The Bertz CT molecular complexity index is 176. The van der Waals surface area contributed by atoms with Gasteiger partial charge in [0.05, 0.1) is 6.54 Å². The van der Waals surface area contributed by atoms with Crippen LogP contribution in [0.1, 0.15) is 26.7 Å². The van der Waals surface area contributed by atoms with Crippen molar-refractivity contribution in [3.8, 4) is 0 Å². The molecule has 2 unspecified atom stereocenters. The zero-order valence-electron chi connectivity index (χ0n) is 9.68. The maximum Gasteiger partial charge on any atom is 0.251 e. The van der Waals surface area contributed by atoms with E-state index in [1.807, 2.05) is 4.90 Å². The van der Waals surface area contributed by atoms with Crippen molar-refractivity contribution in [1.29, 1.82) is 0 Å². The summed E-state index contributed by atoms with van der Waals surface area (Å²) in [4.78, 5) is 1.90. The van der Waals surface area contributed by atoms with Crippen molar-refractivity contribution < 1.29 is 8.78 Å². The summed E-state index contributed by atoms with van der Waals surface area (Å²) >= 11 is 0. The third-order valence-corrected chi connectivity index (χ3v) is 3.01. The summed E-state index contributed by atoms with van der Waals surface area (Å²) in [7, 11) is 0. The number of nitrogens with one attached hydrogen (secondary N) is 1. The van der Waals surface area contributed by atoms with Crippen LogP contribution in [0.3, 0.4) is 0 Å². The van der Waals surface area contributed by atoms with E-state index in [9.17, 15) is 8.78 Å². The van der Waals surface area contributed by atoms with Crippen molar-refractivity contribution in [2.24, 2.45) is 5.92 Å². The Morgan fingerprint density at radius 3 is 2.80 bits per heavy atom. The molecule has 4 heteroatoms. The van der Waals surface area contributed by atoms with Gasteiger partial charge in [-0.1, -0.05) is 13.8 Å². The van der Waals surface area contributed by atoms with Crippen LogP contribution < -0.4 is 5.32 Å². The highest BCUT2D eigenvalue weighted by atomic mass is 19.3. The molecule has 1 fully saturated rings. The fourth-order valence-corrected chi connectivity index (χ4v) is 2.11. The van der Waals surface area contributed by atoms with Crippen LogP contribution >= 0.6 is 0 Å². The van der Waals surface area contributed by atoms with E-state index in [-0.39, 0.29) is 6.54 Å². The first-order valence-electron chi connectivity index (χ1n) is 5.85. The van der Waals surface area contributed by atoms with E-state index in [4.69, 9.17) is 0 Å². The Hall–Kier alpha value is -0.220. The minimum absolute atomic E-state index is 0.0687. The van der Waals surface area contributed by atoms with Gasteiger partial charge in [0.25, 0.3) is 6.43 Å². The quantitative estimate of drug-likeness (QED) is 0.782. The van der Waals surface area contributed by atoms with Gasteiger partial charge in [-0.3, -0.25) is 4.90 Å². The average molecular weight is 220 g/mol. The lowest BCUT2D eigenvalue weighted by atomic mass is 10.0. The summed E-state index contributed by atoms with van der Waals surface area (Å²) in [5.74, 6) is 0.457. The van der Waals surface area contributed by atoms with Crippen LogP contribution in [-0.4, -0.2) is 43.5 Å². The molecule has 1 N–H and O–H groups in total. The number of nitrogens with zero attached hydrogens (tertiary/aromatic N) is 1. The second-order valence-electron chi connectivity index (χ2n) is 4.56. The van der Waals surface area contributed by atoms with Gasteiger partial charge in [0.2, 0.25) is 0 Å². The van der Waals surface area contributed by atoms with E-state index in [0.29, 0.717) is 12.0 Å². The van der Waals surface area contributed by atoms with Crippen molar-refractivity contribution in [3.05, 3.63) is 0 Å². The molecule has 1 aliphatic heterocycles. The van der Waals surface area contributed by atoms with E-state index >= 15 is 0 Å². The van der Waals surface area contributed by atoms with Crippen LogP contribution in [0, 0.1) is 5.92 Å². The molecule has 0 aromatic rings. The van der Waals surface area contributed by atoms with Gasteiger partial charge < -0.3 is 5.32 Å². The minimum Gasteiger partial charge on any atom is -0.314 e. The maximum absolute atomic E-state index is 12.3. The van der Waals surface area contributed by atoms with E-state index in [1.165, 1.54) is 0 Å². The van der Waals surface area contributed by atoms with Gasteiger partial charge in [0, 0.05) is 12.6 Å². The Labute approximate surface area is 91.0 Å². The maximum atomic E-state index is 12.3. The zero-order valence-corrected chi connectivity index (χ0v) is 9.68. The summed E-state index contributed by atoms with van der Waals surface area (Å²) in [5.41, 5.74) is 0. The van der Waals surface area contributed by atoms with Crippen LogP contribution in [-0.2, 0) is 0 Å². The standard InChI is InChI=1S/C11H22F2N2/c1-3-10-4-5-15(8-11(12)13)7-9(2)6-14-10/h9-11,14H,3-8H2,1-2H3. The number of hydrogen-bond donors (Lipinski definition) is 1. The van der Waals surface area contributed by atoms with E-state index in [0.717, 1.165) is 32.5 Å². The van der Waals surface area contributed by atoms with Crippen LogP contribution in [0.15, 0.2) is 0 Å². The molecule has 0 saturated carbocycles. The molecule has 0 amide bonds. The largest absolute Gasteiger partial charge is 0.314 e. The zero-order chi connectivity index (χ0) is 11.3. The molecule has 1 aliphatic rings. The second-order valence-corrected chi connectivity index (χ2v) is 4.56. The monoisotopic (exact) mass is 220 g/mol. The molecule has 15 heavy (non-hydrogen) atoms. The Kier molecular flexibility index (Phi) is 5.47. The van der Waals surface area contributed by atoms with Crippen molar-refractivity contribution in [3.63, 3.8) is 0 Å². The first-order valence-corrected chi connectivity index (χ1v) is 5.85. The lowest BCUT2D eigenvalue weighted by molar-refractivity contribution is 0.0741. The molecule has 90 valence electrons. The predicted octanol–water partition coefficient (Wildman–Crippen LogP) is 1.96. The molecule has 0 radical (unpaired) electrons. The molecule has 1 heterocycles. The first-order chi connectivity index (χ1) is 7.11. The van der Waals surface area contributed by atoms with Gasteiger partial charge in [-0.15, -0.1) is 0 Å². The summed E-state index contributed by atoms with van der Waals surface area (Å²) in [6.07, 6.45) is -0.143.